The third-order valence-corrected chi connectivity index (χ3v) is 5.00. The normalized spacial score (nSPS) is 10.9. The van der Waals surface area contributed by atoms with Crippen molar-refractivity contribution in [2.24, 2.45) is 5.92 Å². The van der Waals surface area contributed by atoms with E-state index < -0.39 is 5.97 Å². The molecule has 156 valence electrons. The van der Waals surface area contributed by atoms with Crippen molar-refractivity contribution in [2.75, 3.05) is 13.7 Å². The van der Waals surface area contributed by atoms with Crippen LogP contribution in [0.15, 0.2) is 47.3 Å². The first-order chi connectivity index (χ1) is 14.3. The van der Waals surface area contributed by atoms with Crippen LogP contribution < -0.4 is 10.9 Å². The zero-order valence-corrected chi connectivity index (χ0v) is 17.8. The molecule has 0 radical (unpaired) electrons. The number of carbonyl (C=O) groups is 2. The molecule has 1 heterocycles. The fourth-order valence-electron chi connectivity index (χ4n) is 3.04. The molecule has 30 heavy (non-hydrogen) atoms. The van der Waals surface area contributed by atoms with Crippen LogP contribution in [-0.2, 0) is 4.74 Å². The minimum atomic E-state index is -0.498. The van der Waals surface area contributed by atoms with Gasteiger partial charge in [0.15, 0.2) is 4.77 Å². The summed E-state index contributed by atoms with van der Waals surface area (Å²) in [7, 11) is 1.29. The Morgan fingerprint density at radius 3 is 2.43 bits per heavy atom. The van der Waals surface area contributed by atoms with E-state index in [-0.39, 0.29) is 16.2 Å². The van der Waals surface area contributed by atoms with Crippen LogP contribution in [0.3, 0.4) is 0 Å². The fraction of sp³-hybridized carbons (Fsp3) is 0.273. The zero-order valence-electron chi connectivity index (χ0n) is 17.0. The average Bonchev–Trinajstić information content (AvgIpc) is 2.72. The molecular weight excluding hydrogens is 402 g/mol. The second kappa shape index (κ2) is 9.04. The SMILES string of the molecule is COC(=O)c1ccc2c(=O)n(-c3ccc(C(=O)NCCC(C)C)cc3)c(=S)[nH]c2c1. The van der Waals surface area contributed by atoms with E-state index in [2.05, 4.69) is 24.1 Å². The van der Waals surface area contributed by atoms with E-state index in [1.165, 1.54) is 23.8 Å². The second-order valence-corrected chi connectivity index (χ2v) is 7.69. The van der Waals surface area contributed by atoms with E-state index >= 15 is 0 Å². The Morgan fingerprint density at radius 1 is 1.13 bits per heavy atom. The van der Waals surface area contributed by atoms with Gasteiger partial charge in [-0.25, -0.2) is 4.79 Å². The van der Waals surface area contributed by atoms with Gasteiger partial charge < -0.3 is 15.0 Å². The van der Waals surface area contributed by atoms with Crippen molar-refractivity contribution in [2.45, 2.75) is 20.3 Å². The van der Waals surface area contributed by atoms with Gasteiger partial charge in [0.1, 0.15) is 0 Å². The molecule has 0 bridgehead atoms. The third-order valence-electron chi connectivity index (χ3n) is 4.71. The molecule has 0 fully saturated rings. The molecular formula is C22H23N3O4S. The molecule has 2 N–H and O–H groups in total. The molecule has 0 saturated carbocycles. The van der Waals surface area contributed by atoms with Gasteiger partial charge in [-0.2, -0.15) is 0 Å². The highest BCUT2D eigenvalue weighted by Crippen LogP contribution is 2.15. The number of nitrogens with one attached hydrogen (secondary N) is 2. The van der Waals surface area contributed by atoms with Gasteiger partial charge in [-0.3, -0.25) is 14.2 Å². The molecule has 3 aromatic rings. The van der Waals surface area contributed by atoms with E-state index in [0.717, 1.165) is 6.42 Å². The number of benzene rings is 2. The summed E-state index contributed by atoms with van der Waals surface area (Å²) in [5.74, 6) is -0.144. The Balaban J connectivity index is 1.93. The number of ether oxygens (including phenoxy) is 1. The van der Waals surface area contributed by atoms with Crippen LogP contribution in [0.1, 0.15) is 41.0 Å². The monoisotopic (exact) mass is 425 g/mol. The van der Waals surface area contributed by atoms with E-state index in [4.69, 9.17) is 17.0 Å². The number of rotatable bonds is 6. The van der Waals surface area contributed by atoms with Gasteiger partial charge in [-0.15, -0.1) is 0 Å². The Morgan fingerprint density at radius 2 is 1.80 bits per heavy atom. The van der Waals surface area contributed by atoms with Crippen LogP contribution >= 0.6 is 12.2 Å². The van der Waals surface area contributed by atoms with Crippen molar-refractivity contribution in [3.63, 3.8) is 0 Å². The molecule has 1 amide bonds. The second-order valence-electron chi connectivity index (χ2n) is 7.31. The molecule has 0 atom stereocenters. The summed E-state index contributed by atoms with van der Waals surface area (Å²) in [4.78, 5) is 40.0. The zero-order chi connectivity index (χ0) is 21.8. The van der Waals surface area contributed by atoms with Crippen molar-refractivity contribution in [3.8, 4) is 5.69 Å². The van der Waals surface area contributed by atoms with Crippen LogP contribution in [0.5, 0.6) is 0 Å². The highest BCUT2D eigenvalue weighted by molar-refractivity contribution is 7.71. The van der Waals surface area contributed by atoms with Gasteiger partial charge in [-0.1, -0.05) is 13.8 Å². The Hall–Kier alpha value is -3.26. The summed E-state index contributed by atoms with van der Waals surface area (Å²) in [5.41, 5.74) is 1.50. The quantitative estimate of drug-likeness (QED) is 0.465. The van der Waals surface area contributed by atoms with Gasteiger partial charge in [0, 0.05) is 12.1 Å². The highest BCUT2D eigenvalue weighted by Gasteiger charge is 2.12. The lowest BCUT2D eigenvalue weighted by atomic mass is 10.1. The van der Waals surface area contributed by atoms with Crippen molar-refractivity contribution in [3.05, 3.63) is 68.7 Å². The van der Waals surface area contributed by atoms with Crippen molar-refractivity contribution < 1.29 is 14.3 Å². The first-order valence-corrected chi connectivity index (χ1v) is 9.98. The standard InChI is InChI=1S/C22H23N3O4S/c1-13(2)10-11-23-19(26)14-4-7-16(8-5-14)25-20(27)17-9-6-15(21(28)29-3)12-18(17)24-22(25)30/h4-9,12-13H,10-11H2,1-3H3,(H,23,26)(H,24,30). The first-order valence-electron chi connectivity index (χ1n) is 9.58. The van der Waals surface area contributed by atoms with E-state index in [9.17, 15) is 14.4 Å². The van der Waals surface area contributed by atoms with Crippen LogP contribution in [0.2, 0.25) is 0 Å². The Bertz CT molecular complexity index is 1210. The van der Waals surface area contributed by atoms with Crippen molar-refractivity contribution >= 4 is 35.0 Å². The summed E-state index contributed by atoms with van der Waals surface area (Å²) in [5, 5.41) is 3.26. The Labute approximate surface area is 178 Å². The summed E-state index contributed by atoms with van der Waals surface area (Å²) >= 11 is 5.36. The number of nitrogens with zero attached hydrogens (tertiary/aromatic N) is 1. The Kier molecular flexibility index (Phi) is 6.47. The fourth-order valence-corrected chi connectivity index (χ4v) is 3.33. The lowest BCUT2D eigenvalue weighted by molar-refractivity contribution is 0.0600. The van der Waals surface area contributed by atoms with Gasteiger partial charge in [0.05, 0.1) is 29.3 Å². The van der Waals surface area contributed by atoms with Crippen LogP contribution in [0.4, 0.5) is 0 Å². The maximum absolute atomic E-state index is 13.0. The van der Waals surface area contributed by atoms with Crippen molar-refractivity contribution in [1.29, 1.82) is 0 Å². The number of amides is 1. The number of aromatic nitrogens is 2. The summed E-state index contributed by atoms with van der Waals surface area (Å²) in [6.45, 7) is 4.81. The molecule has 0 aliphatic rings. The summed E-state index contributed by atoms with van der Waals surface area (Å²) in [6.07, 6.45) is 0.906. The summed E-state index contributed by atoms with van der Waals surface area (Å²) < 4.78 is 6.25. The smallest absolute Gasteiger partial charge is 0.337 e. The van der Waals surface area contributed by atoms with Crippen LogP contribution in [0, 0.1) is 10.7 Å². The number of fused-ring (bicyclic) bond motifs is 1. The molecule has 1 aromatic heterocycles. The molecule has 3 rings (SSSR count). The first kappa shape index (κ1) is 21.4. The van der Waals surface area contributed by atoms with Gasteiger partial charge in [-0.05, 0) is 67.0 Å². The highest BCUT2D eigenvalue weighted by atomic mass is 32.1. The van der Waals surface area contributed by atoms with Crippen molar-refractivity contribution in [1.82, 2.24) is 14.9 Å². The van der Waals surface area contributed by atoms with E-state index in [0.29, 0.717) is 40.2 Å². The minimum Gasteiger partial charge on any atom is -0.465 e. The summed E-state index contributed by atoms with van der Waals surface area (Å²) in [6, 6.07) is 11.3. The number of H-pyrrole nitrogens is 1. The maximum atomic E-state index is 13.0. The van der Waals surface area contributed by atoms with Gasteiger partial charge in [0.25, 0.3) is 11.5 Å². The lowest BCUT2D eigenvalue weighted by Gasteiger charge is -2.10. The molecule has 0 aliphatic heterocycles. The predicted molar refractivity (Wildman–Crippen MR) is 118 cm³/mol. The number of aromatic amines is 1. The number of carbonyl (C=O) groups excluding carboxylic acids is 2. The maximum Gasteiger partial charge on any atom is 0.337 e. The molecule has 2 aromatic carbocycles. The minimum absolute atomic E-state index is 0.159. The molecule has 0 unspecified atom stereocenters. The van der Waals surface area contributed by atoms with Gasteiger partial charge >= 0.3 is 5.97 Å². The topological polar surface area (TPSA) is 93.2 Å². The van der Waals surface area contributed by atoms with Gasteiger partial charge in [0.2, 0.25) is 0 Å². The molecule has 0 saturated heterocycles. The third kappa shape index (κ3) is 4.49. The predicted octanol–water partition coefficient (Wildman–Crippen LogP) is 3.61. The number of methoxy groups -OCH3 is 1. The van der Waals surface area contributed by atoms with E-state index in [1.54, 1.807) is 30.3 Å². The molecule has 8 heteroatoms. The molecule has 0 aliphatic carbocycles. The van der Waals surface area contributed by atoms with Crippen LogP contribution in [-0.4, -0.2) is 35.1 Å². The largest absolute Gasteiger partial charge is 0.465 e. The molecule has 7 nitrogen and oxygen atoms in total. The number of hydrogen-bond acceptors (Lipinski definition) is 5. The number of esters is 1. The number of hydrogen-bond donors (Lipinski definition) is 2. The molecule has 0 spiro atoms. The average molecular weight is 426 g/mol. The lowest BCUT2D eigenvalue weighted by Crippen LogP contribution is -2.25. The van der Waals surface area contributed by atoms with Crippen LogP contribution in [0.25, 0.3) is 16.6 Å². The van der Waals surface area contributed by atoms with E-state index in [1.807, 2.05) is 0 Å².